The van der Waals surface area contributed by atoms with Gasteiger partial charge < -0.3 is 10.1 Å². The van der Waals surface area contributed by atoms with E-state index in [4.69, 9.17) is 16.3 Å². The first-order valence-electron chi connectivity index (χ1n) is 7.90. The Morgan fingerprint density at radius 3 is 3.08 bits per heavy atom. The SMILES string of the molecule is CC1CCc2c(sc(NC(=O)COc3ccc(Br)cc3Cl)c2C#N)C1. The topological polar surface area (TPSA) is 62.1 Å². The lowest BCUT2D eigenvalue weighted by molar-refractivity contribution is -0.118. The Kier molecular flexibility index (Phi) is 5.67. The maximum atomic E-state index is 12.2. The van der Waals surface area contributed by atoms with Gasteiger partial charge >= 0.3 is 0 Å². The smallest absolute Gasteiger partial charge is 0.262 e. The van der Waals surface area contributed by atoms with E-state index in [0.717, 1.165) is 29.3 Å². The molecule has 1 aliphatic carbocycles. The van der Waals surface area contributed by atoms with Crippen LogP contribution in [0.25, 0.3) is 0 Å². The Morgan fingerprint density at radius 1 is 1.56 bits per heavy atom. The van der Waals surface area contributed by atoms with Crippen molar-refractivity contribution < 1.29 is 9.53 Å². The Morgan fingerprint density at radius 2 is 2.36 bits per heavy atom. The Bertz CT molecular complexity index is 859. The summed E-state index contributed by atoms with van der Waals surface area (Å²) in [5.41, 5.74) is 1.69. The van der Waals surface area contributed by atoms with E-state index in [1.807, 2.05) is 0 Å². The van der Waals surface area contributed by atoms with Gasteiger partial charge in [0.05, 0.1) is 10.6 Å². The van der Waals surface area contributed by atoms with Crippen LogP contribution in [0, 0.1) is 17.2 Å². The zero-order valence-electron chi connectivity index (χ0n) is 13.6. The fourth-order valence-corrected chi connectivity index (χ4v) is 4.96. The van der Waals surface area contributed by atoms with Crippen molar-refractivity contribution in [3.63, 3.8) is 0 Å². The highest BCUT2D eigenvalue weighted by Gasteiger charge is 2.24. The van der Waals surface area contributed by atoms with Crippen molar-refractivity contribution >= 4 is 49.8 Å². The van der Waals surface area contributed by atoms with Crippen molar-refractivity contribution in [2.45, 2.75) is 26.2 Å². The van der Waals surface area contributed by atoms with Gasteiger partial charge in [0.25, 0.3) is 5.91 Å². The number of rotatable bonds is 4. The van der Waals surface area contributed by atoms with Gasteiger partial charge in [0.1, 0.15) is 16.8 Å². The molecule has 1 atom stereocenters. The summed E-state index contributed by atoms with van der Waals surface area (Å²) in [6.07, 6.45) is 2.95. The molecule has 0 saturated heterocycles. The number of ether oxygens (including phenoxy) is 1. The number of halogens is 2. The van der Waals surface area contributed by atoms with Crippen LogP contribution in [0.15, 0.2) is 22.7 Å². The van der Waals surface area contributed by atoms with E-state index in [9.17, 15) is 10.1 Å². The van der Waals surface area contributed by atoms with E-state index >= 15 is 0 Å². The molecule has 25 heavy (non-hydrogen) atoms. The van der Waals surface area contributed by atoms with Crippen LogP contribution in [0.1, 0.15) is 29.3 Å². The molecule has 0 spiro atoms. The number of hydrogen-bond donors (Lipinski definition) is 1. The molecule has 0 aliphatic heterocycles. The van der Waals surface area contributed by atoms with E-state index in [2.05, 4.69) is 34.2 Å². The van der Waals surface area contributed by atoms with Crippen LogP contribution in [0.5, 0.6) is 5.75 Å². The number of nitrogens with zero attached hydrogens (tertiary/aromatic N) is 1. The van der Waals surface area contributed by atoms with Gasteiger partial charge in [0.2, 0.25) is 0 Å². The van der Waals surface area contributed by atoms with Gasteiger partial charge in [-0.05, 0) is 48.9 Å². The molecular weight excluding hydrogens is 424 g/mol. The molecule has 4 nitrogen and oxygen atoms in total. The minimum Gasteiger partial charge on any atom is -0.482 e. The summed E-state index contributed by atoms with van der Waals surface area (Å²) in [6, 6.07) is 7.44. The number of anilines is 1. The van der Waals surface area contributed by atoms with Gasteiger partial charge in [0.15, 0.2) is 6.61 Å². The summed E-state index contributed by atoms with van der Waals surface area (Å²) in [4.78, 5) is 13.4. The van der Waals surface area contributed by atoms with Gasteiger partial charge in [-0.25, -0.2) is 0 Å². The van der Waals surface area contributed by atoms with E-state index in [-0.39, 0.29) is 12.5 Å². The molecule has 0 bridgehead atoms. The number of carbonyl (C=O) groups excluding carboxylic acids is 1. The Labute approximate surface area is 163 Å². The molecule has 1 amide bonds. The van der Waals surface area contributed by atoms with Crippen molar-refractivity contribution in [3.05, 3.63) is 43.7 Å². The number of nitrogens with one attached hydrogen (secondary N) is 1. The van der Waals surface area contributed by atoms with E-state index in [1.165, 1.54) is 16.2 Å². The molecule has 3 rings (SSSR count). The molecule has 2 aromatic rings. The lowest BCUT2D eigenvalue weighted by Gasteiger charge is -2.17. The van der Waals surface area contributed by atoms with Crippen molar-refractivity contribution in [3.8, 4) is 11.8 Å². The lowest BCUT2D eigenvalue weighted by atomic mass is 9.89. The molecule has 1 aromatic carbocycles. The summed E-state index contributed by atoms with van der Waals surface area (Å²) < 4.78 is 6.31. The second kappa shape index (κ2) is 7.77. The highest BCUT2D eigenvalue weighted by molar-refractivity contribution is 9.10. The predicted octanol–water partition coefficient (Wildman–Crippen LogP) is 5.18. The molecular formula is C18H16BrClN2O2S. The molecule has 0 fully saturated rings. The van der Waals surface area contributed by atoms with Crippen molar-refractivity contribution in [2.75, 3.05) is 11.9 Å². The second-order valence-electron chi connectivity index (χ2n) is 6.08. The number of hydrogen-bond acceptors (Lipinski definition) is 4. The molecule has 0 radical (unpaired) electrons. The molecule has 1 N–H and O–H groups in total. The molecule has 1 heterocycles. The average molecular weight is 440 g/mol. The average Bonchev–Trinajstić information content (AvgIpc) is 2.89. The number of carbonyl (C=O) groups is 1. The normalized spacial score (nSPS) is 16.0. The Hall–Kier alpha value is -1.55. The summed E-state index contributed by atoms with van der Waals surface area (Å²) >= 11 is 10.9. The van der Waals surface area contributed by atoms with Gasteiger partial charge in [-0.2, -0.15) is 5.26 Å². The van der Waals surface area contributed by atoms with Crippen LogP contribution in [0.3, 0.4) is 0 Å². The highest BCUT2D eigenvalue weighted by Crippen LogP contribution is 2.39. The third-order valence-corrected chi connectivity index (χ3v) is 6.09. The Balaban J connectivity index is 1.68. The monoisotopic (exact) mass is 438 g/mol. The quantitative estimate of drug-likeness (QED) is 0.714. The predicted molar refractivity (Wildman–Crippen MR) is 103 cm³/mol. The first-order chi connectivity index (χ1) is 12.0. The lowest BCUT2D eigenvalue weighted by Crippen LogP contribution is -2.20. The molecule has 130 valence electrons. The van der Waals surface area contributed by atoms with E-state index in [1.54, 1.807) is 18.2 Å². The zero-order chi connectivity index (χ0) is 18.0. The van der Waals surface area contributed by atoms with Gasteiger partial charge in [0, 0.05) is 9.35 Å². The maximum absolute atomic E-state index is 12.2. The third kappa shape index (κ3) is 4.17. The molecule has 1 unspecified atom stereocenters. The largest absolute Gasteiger partial charge is 0.482 e. The standard InChI is InChI=1S/C18H16BrClN2O2S/c1-10-2-4-12-13(8-21)18(25-16(12)6-10)22-17(23)9-24-15-5-3-11(19)7-14(15)20/h3,5,7,10H,2,4,6,9H2,1H3,(H,22,23). The number of benzene rings is 1. The minimum absolute atomic E-state index is 0.162. The summed E-state index contributed by atoms with van der Waals surface area (Å²) in [5.74, 6) is 0.756. The second-order valence-corrected chi connectivity index (χ2v) is 8.51. The fraction of sp³-hybridized carbons (Fsp3) is 0.333. The van der Waals surface area contributed by atoms with Gasteiger partial charge in [-0.3, -0.25) is 4.79 Å². The van der Waals surface area contributed by atoms with E-state index in [0.29, 0.717) is 27.3 Å². The molecule has 1 aliphatic rings. The minimum atomic E-state index is -0.304. The number of fused-ring (bicyclic) bond motifs is 1. The van der Waals surface area contributed by atoms with Crippen LogP contribution in [-0.4, -0.2) is 12.5 Å². The summed E-state index contributed by atoms with van der Waals surface area (Å²) in [7, 11) is 0. The maximum Gasteiger partial charge on any atom is 0.262 e. The van der Waals surface area contributed by atoms with Crippen LogP contribution in [-0.2, 0) is 17.6 Å². The summed E-state index contributed by atoms with van der Waals surface area (Å²) in [5, 5.41) is 13.3. The molecule has 1 aromatic heterocycles. The zero-order valence-corrected chi connectivity index (χ0v) is 16.7. The van der Waals surface area contributed by atoms with Gasteiger partial charge in [-0.15, -0.1) is 11.3 Å². The van der Waals surface area contributed by atoms with Crippen LogP contribution in [0.2, 0.25) is 5.02 Å². The first kappa shape index (κ1) is 18.2. The highest BCUT2D eigenvalue weighted by atomic mass is 79.9. The third-order valence-electron chi connectivity index (χ3n) is 4.13. The van der Waals surface area contributed by atoms with E-state index < -0.39 is 0 Å². The number of nitriles is 1. The van der Waals surface area contributed by atoms with Crippen molar-refractivity contribution in [1.29, 1.82) is 5.26 Å². The number of amides is 1. The van der Waals surface area contributed by atoms with Crippen LogP contribution < -0.4 is 10.1 Å². The first-order valence-corrected chi connectivity index (χ1v) is 9.89. The fourth-order valence-electron chi connectivity index (χ4n) is 2.86. The van der Waals surface area contributed by atoms with Crippen molar-refractivity contribution in [2.24, 2.45) is 5.92 Å². The van der Waals surface area contributed by atoms with Gasteiger partial charge in [-0.1, -0.05) is 34.5 Å². The van der Waals surface area contributed by atoms with Crippen LogP contribution >= 0.6 is 38.9 Å². The number of thiophene rings is 1. The molecule has 7 heteroatoms. The molecule has 0 saturated carbocycles. The summed E-state index contributed by atoms with van der Waals surface area (Å²) in [6.45, 7) is 2.05. The van der Waals surface area contributed by atoms with Crippen LogP contribution in [0.4, 0.5) is 5.00 Å². The van der Waals surface area contributed by atoms with Crippen molar-refractivity contribution in [1.82, 2.24) is 0 Å².